The summed E-state index contributed by atoms with van der Waals surface area (Å²) in [6.07, 6.45) is -4.24. The number of hydrogen-bond acceptors (Lipinski definition) is 6. The Morgan fingerprint density at radius 1 is 1.25 bits per heavy atom. The molecule has 0 radical (unpaired) electrons. The van der Waals surface area contributed by atoms with Crippen LogP contribution in [0.2, 0.25) is 0 Å². The zero-order valence-corrected chi connectivity index (χ0v) is 7.18. The summed E-state index contributed by atoms with van der Waals surface area (Å²) in [5.74, 6) is 0. The largest absolute Gasteiger partial charge is 0.394 e. The minimum atomic E-state index is -1.48. The van der Waals surface area contributed by atoms with E-state index in [0.717, 1.165) is 5.37 Å². The van der Waals surface area contributed by atoms with Gasteiger partial charge in [-0.15, -0.1) is 0 Å². The van der Waals surface area contributed by atoms with Gasteiger partial charge in [0.2, 0.25) is 0 Å². The predicted molar refractivity (Wildman–Crippen MR) is 46.7 cm³/mol. The van der Waals surface area contributed by atoms with E-state index in [4.69, 9.17) is 26.2 Å². The molecule has 0 spiro atoms. The van der Waals surface area contributed by atoms with Gasteiger partial charge in [-0.1, -0.05) is 12.2 Å². The minimum Gasteiger partial charge on any atom is -0.394 e. The van der Waals surface area contributed by atoms with Gasteiger partial charge in [0.15, 0.2) is 0 Å². The summed E-state index contributed by atoms with van der Waals surface area (Å²) >= 11 is 4.43. The van der Waals surface area contributed by atoms with Gasteiger partial charge in [-0.3, -0.25) is 0 Å². The average Bonchev–Trinajstić information content (AvgIpc) is 2.12. The lowest BCUT2D eigenvalue weighted by molar-refractivity contribution is -0.0770. The van der Waals surface area contributed by atoms with E-state index in [1.165, 1.54) is 0 Å². The third-order valence-electron chi connectivity index (χ3n) is 1.48. The van der Waals surface area contributed by atoms with Crippen LogP contribution in [0.4, 0.5) is 0 Å². The van der Waals surface area contributed by atoms with Gasteiger partial charge in [0.05, 0.1) is 12.6 Å². The highest BCUT2D eigenvalue weighted by Gasteiger charge is 2.27. The fraction of sp³-hybridized carbons (Fsp3) is 0.833. The average molecular weight is 195 g/mol. The van der Waals surface area contributed by atoms with E-state index in [0.29, 0.717) is 0 Å². The van der Waals surface area contributed by atoms with E-state index in [-0.39, 0.29) is 0 Å². The Morgan fingerprint density at radius 3 is 2.08 bits per heavy atom. The number of aliphatic hydroxyl groups excluding tert-OH is 4. The summed E-state index contributed by atoms with van der Waals surface area (Å²) in [6, 6.07) is -0.892. The van der Waals surface area contributed by atoms with E-state index in [9.17, 15) is 0 Å². The van der Waals surface area contributed by atoms with Crippen molar-refractivity contribution in [3.05, 3.63) is 0 Å². The first-order valence-electron chi connectivity index (χ1n) is 3.40. The van der Waals surface area contributed by atoms with Crippen LogP contribution in [-0.4, -0.2) is 56.8 Å². The van der Waals surface area contributed by atoms with Crippen LogP contribution in [-0.2, 0) is 0 Å². The van der Waals surface area contributed by atoms with E-state index >= 15 is 0 Å². The molecule has 0 unspecified atom stereocenters. The first kappa shape index (κ1) is 11.9. The highest BCUT2D eigenvalue weighted by Crippen LogP contribution is 2.02. The Bertz CT molecular complexity index is 146. The first-order chi connectivity index (χ1) is 5.54. The molecule has 0 aliphatic heterocycles. The van der Waals surface area contributed by atoms with Gasteiger partial charge < -0.3 is 26.2 Å². The summed E-state index contributed by atoms with van der Waals surface area (Å²) in [4.78, 5) is 0. The zero-order valence-electron chi connectivity index (χ0n) is 6.37. The van der Waals surface area contributed by atoms with Gasteiger partial charge in [0.1, 0.15) is 18.3 Å². The molecular weight excluding hydrogens is 182 g/mol. The molecule has 72 valence electrons. The topological polar surface area (TPSA) is 107 Å². The molecule has 6 N–H and O–H groups in total. The van der Waals surface area contributed by atoms with E-state index in [1.54, 1.807) is 0 Å². The van der Waals surface area contributed by atoms with Gasteiger partial charge in [-0.05, 0) is 5.37 Å². The molecule has 4 atom stereocenters. The molecule has 0 aromatic heterocycles. The van der Waals surface area contributed by atoms with Crippen molar-refractivity contribution in [2.45, 2.75) is 24.4 Å². The van der Waals surface area contributed by atoms with Gasteiger partial charge in [-0.2, -0.15) is 0 Å². The first-order valence-corrected chi connectivity index (χ1v) is 3.87. The molecule has 0 saturated carbocycles. The van der Waals surface area contributed by atoms with Crippen molar-refractivity contribution in [3.63, 3.8) is 0 Å². The molecule has 5 nitrogen and oxygen atoms in total. The summed E-state index contributed by atoms with van der Waals surface area (Å²) in [7, 11) is 0. The van der Waals surface area contributed by atoms with Gasteiger partial charge in [-0.25, -0.2) is 0 Å². The lowest BCUT2D eigenvalue weighted by atomic mass is 10.0. The maximum Gasteiger partial charge on any atom is 0.110 e. The van der Waals surface area contributed by atoms with Crippen molar-refractivity contribution in [1.29, 1.82) is 0 Å². The second-order valence-corrected chi connectivity index (χ2v) is 2.72. The molecule has 0 amide bonds. The van der Waals surface area contributed by atoms with Crippen molar-refractivity contribution >= 4 is 17.6 Å². The molecule has 0 aromatic rings. The number of hydrogen-bond donors (Lipinski definition) is 5. The molecule has 0 saturated heterocycles. The SMILES string of the molecule is N[C@@H](C=S)[C@@H](O)[C@H](O)[C@H](O)CO. The third-order valence-corrected chi connectivity index (χ3v) is 1.80. The fourth-order valence-electron chi connectivity index (χ4n) is 0.644. The monoisotopic (exact) mass is 195 g/mol. The van der Waals surface area contributed by atoms with E-state index in [1.807, 2.05) is 0 Å². The fourth-order valence-corrected chi connectivity index (χ4v) is 0.805. The lowest BCUT2D eigenvalue weighted by Gasteiger charge is -2.23. The molecule has 0 rings (SSSR count). The zero-order chi connectivity index (χ0) is 9.72. The molecular formula is C6H13NO4S. The van der Waals surface area contributed by atoms with Crippen molar-refractivity contribution in [1.82, 2.24) is 0 Å². The van der Waals surface area contributed by atoms with Crippen LogP contribution in [0.5, 0.6) is 0 Å². The Balaban J connectivity index is 4.07. The molecule has 12 heavy (non-hydrogen) atoms. The molecule has 6 heteroatoms. The standard InChI is InChI=1S/C6H13NO4S/c7-3(2-12)5(10)6(11)4(9)1-8/h2-6,8-11H,1,7H2/t3-,4+,5+,6+/m0/s1. The van der Waals surface area contributed by atoms with Gasteiger partial charge in [0.25, 0.3) is 0 Å². The summed E-state index contributed by atoms with van der Waals surface area (Å²) in [5.41, 5.74) is 5.25. The highest BCUT2D eigenvalue weighted by atomic mass is 32.1. The molecule has 0 aliphatic carbocycles. The molecule has 0 aromatic carbocycles. The smallest absolute Gasteiger partial charge is 0.110 e. The molecule has 0 aliphatic rings. The number of nitrogens with two attached hydrogens (primary N) is 1. The number of rotatable bonds is 5. The normalized spacial score (nSPS) is 21.1. The van der Waals surface area contributed by atoms with Crippen LogP contribution < -0.4 is 5.73 Å². The van der Waals surface area contributed by atoms with Crippen molar-refractivity contribution < 1.29 is 20.4 Å². The van der Waals surface area contributed by atoms with Crippen molar-refractivity contribution in [2.75, 3.05) is 6.61 Å². The second kappa shape index (κ2) is 5.52. The second-order valence-electron chi connectivity index (χ2n) is 2.44. The van der Waals surface area contributed by atoms with Crippen LogP contribution in [0.3, 0.4) is 0 Å². The molecule has 0 heterocycles. The van der Waals surface area contributed by atoms with E-state index in [2.05, 4.69) is 12.2 Å². The quantitative estimate of drug-likeness (QED) is 0.308. The molecule has 0 bridgehead atoms. The van der Waals surface area contributed by atoms with Gasteiger partial charge >= 0.3 is 0 Å². The predicted octanol–water partition coefficient (Wildman–Crippen LogP) is -2.61. The highest BCUT2D eigenvalue weighted by molar-refractivity contribution is 7.79. The van der Waals surface area contributed by atoms with Gasteiger partial charge in [0, 0.05) is 0 Å². The minimum absolute atomic E-state index is 0.637. The summed E-state index contributed by atoms with van der Waals surface area (Å²) in [6.45, 7) is -0.637. The Hall–Kier alpha value is -0.110. The Kier molecular flexibility index (Phi) is 5.47. The number of thiocarbonyl (C=S) groups is 1. The summed E-state index contributed by atoms with van der Waals surface area (Å²) in [5, 5.41) is 36.6. The lowest BCUT2D eigenvalue weighted by Crippen LogP contribution is -2.49. The maximum atomic E-state index is 9.14. The molecule has 0 fully saturated rings. The summed E-state index contributed by atoms with van der Waals surface area (Å²) < 4.78 is 0. The van der Waals surface area contributed by atoms with Crippen LogP contribution in [0, 0.1) is 0 Å². The number of aliphatic hydroxyl groups is 4. The van der Waals surface area contributed by atoms with Crippen LogP contribution in [0.1, 0.15) is 0 Å². The van der Waals surface area contributed by atoms with Crippen LogP contribution >= 0.6 is 12.2 Å². The Labute approximate surface area is 75.4 Å². The van der Waals surface area contributed by atoms with Crippen molar-refractivity contribution in [2.24, 2.45) is 5.73 Å². The van der Waals surface area contributed by atoms with E-state index < -0.39 is 31.0 Å². The Morgan fingerprint density at radius 2 is 1.75 bits per heavy atom. The van der Waals surface area contributed by atoms with Crippen LogP contribution in [0.15, 0.2) is 0 Å². The maximum absolute atomic E-state index is 9.14. The van der Waals surface area contributed by atoms with Crippen molar-refractivity contribution in [3.8, 4) is 0 Å². The third kappa shape index (κ3) is 3.10. The van der Waals surface area contributed by atoms with Crippen LogP contribution in [0.25, 0.3) is 0 Å².